The van der Waals surface area contributed by atoms with Crippen LogP contribution in [-0.2, 0) is 4.74 Å². The number of benzene rings is 3. The number of amides is 1. The molecule has 0 saturated heterocycles. The number of hydrogen-bond donors (Lipinski definition) is 3. The zero-order chi connectivity index (χ0) is 25.8. The average molecular weight is 488 g/mol. The first-order valence-corrected chi connectivity index (χ1v) is 12.9. The number of nitrogens with one attached hydrogen (secondary N) is 1. The summed E-state index contributed by atoms with van der Waals surface area (Å²) in [5, 5.41) is 24.6. The third-order valence-corrected chi connectivity index (χ3v) is 7.13. The van der Waals surface area contributed by atoms with Crippen molar-refractivity contribution in [2.45, 2.75) is 64.1 Å². The van der Waals surface area contributed by atoms with Crippen molar-refractivity contribution in [3.63, 3.8) is 0 Å². The molecular weight excluding hydrogens is 450 g/mol. The van der Waals surface area contributed by atoms with E-state index in [1.165, 1.54) is 11.1 Å². The van der Waals surface area contributed by atoms with Crippen molar-refractivity contribution in [1.29, 1.82) is 0 Å². The first kappa shape index (κ1) is 25.9. The fourth-order valence-corrected chi connectivity index (χ4v) is 5.27. The first-order chi connectivity index (χ1) is 17.3. The van der Waals surface area contributed by atoms with Crippen LogP contribution in [0, 0.1) is 0 Å². The standard InChI is InChI=1S/C31H37NO4/c1-19(2)21-14-9-15-22(20(3)4)29(21)30(34)28(33)16-17-32-31(35)36-18-27-25-12-7-5-10-23(25)24-11-6-8-13-26(24)27/h5-15,19-20,27-28,30,33-34H,16-18H2,1-4H3,(H,32,35). The maximum absolute atomic E-state index is 12.5. The van der Waals surface area contributed by atoms with Gasteiger partial charge in [-0.15, -0.1) is 0 Å². The zero-order valence-electron chi connectivity index (χ0n) is 21.6. The molecule has 3 N–H and O–H groups in total. The minimum absolute atomic E-state index is 0.00227. The summed E-state index contributed by atoms with van der Waals surface area (Å²) in [6.45, 7) is 8.78. The second-order valence-corrected chi connectivity index (χ2v) is 10.2. The van der Waals surface area contributed by atoms with E-state index in [2.05, 4.69) is 57.3 Å². The topological polar surface area (TPSA) is 78.8 Å². The fourth-order valence-electron chi connectivity index (χ4n) is 5.27. The number of rotatable bonds is 9. The van der Waals surface area contributed by atoms with Gasteiger partial charge >= 0.3 is 6.09 Å². The van der Waals surface area contributed by atoms with E-state index >= 15 is 0 Å². The Hall–Kier alpha value is -3.15. The van der Waals surface area contributed by atoms with Gasteiger partial charge in [-0.2, -0.15) is 0 Å². The van der Waals surface area contributed by atoms with Gasteiger partial charge in [-0.05, 0) is 57.2 Å². The van der Waals surface area contributed by atoms with E-state index in [9.17, 15) is 15.0 Å². The Balaban J connectivity index is 1.34. The highest BCUT2D eigenvalue weighted by Crippen LogP contribution is 2.44. The number of aliphatic hydroxyl groups excluding tert-OH is 2. The molecule has 2 atom stereocenters. The van der Waals surface area contributed by atoms with E-state index in [0.29, 0.717) is 0 Å². The largest absolute Gasteiger partial charge is 0.449 e. The van der Waals surface area contributed by atoms with E-state index in [4.69, 9.17) is 4.74 Å². The number of ether oxygens (including phenoxy) is 1. The Kier molecular flexibility index (Phi) is 8.12. The van der Waals surface area contributed by atoms with Gasteiger partial charge in [0.2, 0.25) is 0 Å². The molecule has 0 aliphatic heterocycles. The molecule has 0 spiro atoms. The van der Waals surface area contributed by atoms with Crippen LogP contribution in [0.4, 0.5) is 4.79 Å². The lowest BCUT2D eigenvalue weighted by Crippen LogP contribution is -2.31. The number of alkyl carbamates (subject to hydrolysis) is 1. The van der Waals surface area contributed by atoms with Crippen LogP contribution in [-0.4, -0.2) is 35.6 Å². The number of fused-ring (bicyclic) bond motifs is 3. The van der Waals surface area contributed by atoms with Crippen molar-refractivity contribution in [2.24, 2.45) is 0 Å². The van der Waals surface area contributed by atoms with Crippen molar-refractivity contribution in [1.82, 2.24) is 5.32 Å². The van der Waals surface area contributed by atoms with Gasteiger partial charge in [0.15, 0.2) is 0 Å². The Morgan fingerprint density at radius 1 is 0.833 bits per heavy atom. The third kappa shape index (κ3) is 5.32. The molecule has 36 heavy (non-hydrogen) atoms. The van der Waals surface area contributed by atoms with Gasteiger partial charge < -0.3 is 20.3 Å². The van der Waals surface area contributed by atoms with Crippen LogP contribution in [0.15, 0.2) is 66.7 Å². The van der Waals surface area contributed by atoms with Gasteiger partial charge in [-0.25, -0.2) is 4.79 Å². The molecule has 1 amide bonds. The van der Waals surface area contributed by atoms with Crippen molar-refractivity contribution >= 4 is 6.09 Å². The summed E-state index contributed by atoms with van der Waals surface area (Å²) in [7, 11) is 0. The molecule has 5 nitrogen and oxygen atoms in total. The summed E-state index contributed by atoms with van der Waals surface area (Å²) in [6.07, 6.45) is -2.33. The molecule has 1 aliphatic rings. The number of carbonyl (C=O) groups is 1. The number of hydrogen-bond acceptors (Lipinski definition) is 4. The molecular formula is C31H37NO4. The molecule has 4 rings (SSSR count). The van der Waals surface area contributed by atoms with E-state index < -0.39 is 18.3 Å². The predicted octanol–water partition coefficient (Wildman–Crippen LogP) is 6.26. The van der Waals surface area contributed by atoms with E-state index in [1.54, 1.807) is 0 Å². The van der Waals surface area contributed by atoms with Crippen molar-refractivity contribution in [3.8, 4) is 11.1 Å². The molecule has 5 heteroatoms. The highest BCUT2D eigenvalue weighted by atomic mass is 16.5. The van der Waals surface area contributed by atoms with Crippen LogP contribution in [0.3, 0.4) is 0 Å². The second kappa shape index (κ2) is 11.3. The summed E-state index contributed by atoms with van der Waals surface area (Å²) in [5.74, 6) is 0.441. The second-order valence-electron chi connectivity index (χ2n) is 10.2. The van der Waals surface area contributed by atoms with Crippen LogP contribution < -0.4 is 5.32 Å². The predicted molar refractivity (Wildman–Crippen MR) is 143 cm³/mol. The molecule has 0 heterocycles. The SMILES string of the molecule is CC(C)c1cccc(C(C)C)c1C(O)C(O)CCNC(=O)OCC1c2ccccc2-c2ccccc21. The molecule has 0 radical (unpaired) electrons. The highest BCUT2D eigenvalue weighted by molar-refractivity contribution is 5.79. The van der Waals surface area contributed by atoms with Crippen LogP contribution in [0.1, 0.15) is 85.8 Å². The number of carbonyl (C=O) groups excluding carboxylic acids is 1. The quantitative estimate of drug-likeness (QED) is 0.333. The molecule has 0 aromatic heterocycles. The Morgan fingerprint density at radius 2 is 1.36 bits per heavy atom. The van der Waals surface area contributed by atoms with E-state index in [-0.39, 0.29) is 37.3 Å². The monoisotopic (exact) mass is 487 g/mol. The smallest absolute Gasteiger partial charge is 0.407 e. The van der Waals surface area contributed by atoms with Gasteiger partial charge in [0.05, 0.1) is 6.10 Å². The first-order valence-electron chi connectivity index (χ1n) is 12.9. The summed E-state index contributed by atoms with van der Waals surface area (Å²) in [6, 6.07) is 22.5. The highest BCUT2D eigenvalue weighted by Gasteiger charge is 2.29. The van der Waals surface area contributed by atoms with Crippen LogP contribution in [0.2, 0.25) is 0 Å². The third-order valence-electron chi connectivity index (χ3n) is 7.13. The van der Waals surface area contributed by atoms with E-state index in [1.807, 2.05) is 42.5 Å². The van der Waals surface area contributed by atoms with Crippen molar-refractivity contribution in [2.75, 3.05) is 13.2 Å². The van der Waals surface area contributed by atoms with Crippen molar-refractivity contribution in [3.05, 3.63) is 94.5 Å². The van der Waals surface area contributed by atoms with Crippen LogP contribution >= 0.6 is 0 Å². The summed E-state index contributed by atoms with van der Waals surface area (Å²) >= 11 is 0. The lowest BCUT2D eigenvalue weighted by molar-refractivity contribution is 0.0124. The van der Waals surface area contributed by atoms with Crippen molar-refractivity contribution < 1.29 is 19.7 Å². The minimum Gasteiger partial charge on any atom is -0.449 e. The average Bonchev–Trinajstić information content (AvgIpc) is 3.20. The maximum Gasteiger partial charge on any atom is 0.407 e. The van der Waals surface area contributed by atoms with Gasteiger partial charge in [0, 0.05) is 12.5 Å². The molecule has 0 bridgehead atoms. The molecule has 2 unspecified atom stereocenters. The Morgan fingerprint density at radius 3 is 1.89 bits per heavy atom. The van der Waals surface area contributed by atoms with Crippen LogP contribution in [0.5, 0.6) is 0 Å². The normalized spacial score (nSPS) is 14.4. The summed E-state index contributed by atoms with van der Waals surface area (Å²) in [5.41, 5.74) is 7.57. The molecule has 3 aromatic rings. The maximum atomic E-state index is 12.5. The van der Waals surface area contributed by atoms with Gasteiger partial charge in [0.25, 0.3) is 0 Å². The molecule has 0 saturated carbocycles. The van der Waals surface area contributed by atoms with Gasteiger partial charge in [0.1, 0.15) is 12.7 Å². The molecule has 3 aromatic carbocycles. The lowest BCUT2D eigenvalue weighted by atomic mass is 9.84. The van der Waals surface area contributed by atoms with Gasteiger partial charge in [-0.1, -0.05) is 94.4 Å². The van der Waals surface area contributed by atoms with E-state index in [0.717, 1.165) is 27.8 Å². The zero-order valence-corrected chi connectivity index (χ0v) is 21.6. The fraction of sp³-hybridized carbons (Fsp3) is 0.387. The summed E-state index contributed by atoms with van der Waals surface area (Å²) < 4.78 is 5.57. The summed E-state index contributed by atoms with van der Waals surface area (Å²) in [4.78, 5) is 12.5. The minimum atomic E-state index is -1.02. The van der Waals surface area contributed by atoms with Crippen LogP contribution in [0.25, 0.3) is 11.1 Å². The Labute approximate surface area is 214 Å². The molecule has 1 aliphatic carbocycles. The number of aliphatic hydroxyl groups is 2. The van der Waals surface area contributed by atoms with Gasteiger partial charge in [-0.3, -0.25) is 0 Å². The molecule has 0 fully saturated rings. The molecule has 190 valence electrons. The lowest BCUT2D eigenvalue weighted by Gasteiger charge is -2.26. The Bertz CT molecular complexity index is 1130.